The van der Waals surface area contributed by atoms with Gasteiger partial charge < -0.3 is 10.1 Å². The second-order valence-electron chi connectivity index (χ2n) is 8.62. The van der Waals surface area contributed by atoms with Crippen LogP contribution in [-0.2, 0) is 20.6 Å². The van der Waals surface area contributed by atoms with Crippen molar-refractivity contribution in [1.29, 1.82) is 0 Å². The molecule has 8 heteroatoms. The molecular formula is C30H30N2O4S2. The Bertz CT molecular complexity index is 1410. The summed E-state index contributed by atoms with van der Waals surface area (Å²) in [6.45, 7) is 2.00. The average Bonchev–Trinajstić information content (AvgIpc) is 2.93. The van der Waals surface area contributed by atoms with Crippen LogP contribution in [0.3, 0.4) is 0 Å². The molecule has 0 aromatic heterocycles. The number of aryl methyl sites for hydroxylation is 1. The molecule has 0 aliphatic carbocycles. The van der Waals surface area contributed by atoms with Gasteiger partial charge in [-0.1, -0.05) is 66.2 Å². The number of nitrogens with one attached hydrogen (secondary N) is 1. The van der Waals surface area contributed by atoms with E-state index in [1.807, 2.05) is 55.5 Å². The predicted octanol–water partition coefficient (Wildman–Crippen LogP) is 6.03. The van der Waals surface area contributed by atoms with E-state index < -0.39 is 10.0 Å². The van der Waals surface area contributed by atoms with Crippen LogP contribution in [0.4, 0.5) is 5.69 Å². The summed E-state index contributed by atoms with van der Waals surface area (Å²) in [7, 11) is -3.98. The Hall–Kier alpha value is -3.75. The van der Waals surface area contributed by atoms with Crippen molar-refractivity contribution in [1.82, 2.24) is 5.32 Å². The molecule has 0 aliphatic rings. The van der Waals surface area contributed by atoms with Gasteiger partial charge in [-0.15, -0.1) is 0 Å². The molecule has 0 saturated carbocycles. The molecule has 4 aromatic carbocycles. The van der Waals surface area contributed by atoms with Crippen molar-refractivity contribution in [3.05, 3.63) is 120 Å². The minimum Gasteiger partial charge on any atom is -0.457 e. The number of carbonyl (C=O) groups excluding carboxylic acids is 1. The van der Waals surface area contributed by atoms with E-state index in [9.17, 15) is 13.2 Å². The Morgan fingerprint density at radius 1 is 0.816 bits per heavy atom. The summed E-state index contributed by atoms with van der Waals surface area (Å²) < 4.78 is 34.2. The summed E-state index contributed by atoms with van der Waals surface area (Å²) >= 11 is 1.71. The fourth-order valence-corrected chi connectivity index (χ4v) is 5.91. The second kappa shape index (κ2) is 13.2. The van der Waals surface area contributed by atoms with Crippen LogP contribution in [0.1, 0.15) is 11.1 Å². The zero-order chi connectivity index (χ0) is 26.8. The van der Waals surface area contributed by atoms with Gasteiger partial charge in [-0.3, -0.25) is 9.10 Å². The third kappa shape index (κ3) is 7.63. The van der Waals surface area contributed by atoms with Crippen LogP contribution in [0, 0.1) is 6.92 Å². The highest BCUT2D eigenvalue weighted by atomic mass is 32.2. The summed E-state index contributed by atoms with van der Waals surface area (Å²) in [5, 5.41) is 2.86. The first kappa shape index (κ1) is 27.3. The van der Waals surface area contributed by atoms with Crippen LogP contribution in [0.25, 0.3) is 0 Å². The monoisotopic (exact) mass is 546 g/mol. The molecule has 0 atom stereocenters. The molecular weight excluding hydrogens is 516 g/mol. The Kier molecular flexibility index (Phi) is 9.46. The van der Waals surface area contributed by atoms with Crippen molar-refractivity contribution in [2.75, 3.05) is 23.1 Å². The SMILES string of the molecule is Cc1ccc(S(=O)(=O)N(CC(=O)NCCSCc2ccccc2)c2ccc(Oc3ccccc3)cc2)cc1. The number of hydrogen-bond acceptors (Lipinski definition) is 5. The van der Waals surface area contributed by atoms with Crippen molar-refractivity contribution in [3.8, 4) is 11.5 Å². The molecule has 0 bridgehead atoms. The zero-order valence-electron chi connectivity index (χ0n) is 21.1. The normalized spacial score (nSPS) is 11.1. The number of carbonyl (C=O) groups is 1. The highest BCUT2D eigenvalue weighted by Crippen LogP contribution is 2.28. The highest BCUT2D eigenvalue weighted by molar-refractivity contribution is 7.98. The van der Waals surface area contributed by atoms with E-state index >= 15 is 0 Å². The Morgan fingerprint density at radius 2 is 1.42 bits per heavy atom. The first-order valence-electron chi connectivity index (χ1n) is 12.2. The van der Waals surface area contributed by atoms with E-state index in [4.69, 9.17) is 4.74 Å². The fourth-order valence-electron chi connectivity index (χ4n) is 3.67. The Morgan fingerprint density at radius 3 is 2.08 bits per heavy atom. The molecule has 0 unspecified atom stereocenters. The number of ether oxygens (including phenoxy) is 1. The van der Waals surface area contributed by atoms with Gasteiger partial charge in [0.2, 0.25) is 5.91 Å². The number of nitrogens with zero attached hydrogens (tertiary/aromatic N) is 1. The lowest BCUT2D eigenvalue weighted by molar-refractivity contribution is -0.119. The highest BCUT2D eigenvalue weighted by Gasteiger charge is 2.27. The third-order valence-electron chi connectivity index (χ3n) is 5.68. The summed E-state index contributed by atoms with van der Waals surface area (Å²) in [5.74, 6) is 2.44. The molecule has 4 aromatic rings. The van der Waals surface area contributed by atoms with Gasteiger partial charge in [-0.25, -0.2) is 8.42 Å². The van der Waals surface area contributed by atoms with Crippen LogP contribution in [0.2, 0.25) is 0 Å². The number of hydrogen-bond donors (Lipinski definition) is 1. The van der Waals surface area contributed by atoms with Crippen LogP contribution in [0.5, 0.6) is 11.5 Å². The first-order chi connectivity index (χ1) is 18.4. The Balaban J connectivity index is 1.44. The summed E-state index contributed by atoms with van der Waals surface area (Å²) in [6.07, 6.45) is 0. The number of sulfonamides is 1. The van der Waals surface area contributed by atoms with Crippen molar-refractivity contribution in [3.63, 3.8) is 0 Å². The van der Waals surface area contributed by atoms with Gasteiger partial charge in [0.25, 0.3) is 10.0 Å². The number of amides is 1. The smallest absolute Gasteiger partial charge is 0.264 e. The quantitative estimate of drug-likeness (QED) is 0.220. The van der Waals surface area contributed by atoms with Gasteiger partial charge >= 0.3 is 0 Å². The molecule has 4 rings (SSSR count). The summed E-state index contributed by atoms with van der Waals surface area (Å²) in [5.41, 5.74) is 2.54. The lowest BCUT2D eigenvalue weighted by Crippen LogP contribution is -2.41. The number of para-hydroxylation sites is 1. The molecule has 38 heavy (non-hydrogen) atoms. The Labute approximate surface area is 228 Å². The van der Waals surface area contributed by atoms with Gasteiger partial charge in [-0.05, 0) is 61.0 Å². The molecule has 1 N–H and O–H groups in total. The number of rotatable bonds is 12. The van der Waals surface area contributed by atoms with Crippen molar-refractivity contribution >= 4 is 33.4 Å². The molecule has 0 heterocycles. The standard InChI is InChI=1S/C30H30N2O4S2/c1-24-12-18-29(19-13-24)38(34,35)32(22-30(33)31-20-21-37-23-25-8-4-2-5-9-25)26-14-16-28(17-15-26)36-27-10-6-3-7-11-27/h2-19H,20-23H2,1H3,(H,31,33). The van der Waals surface area contributed by atoms with Gasteiger partial charge in [-0.2, -0.15) is 11.8 Å². The molecule has 0 saturated heterocycles. The largest absolute Gasteiger partial charge is 0.457 e. The van der Waals surface area contributed by atoms with Crippen LogP contribution < -0.4 is 14.4 Å². The van der Waals surface area contributed by atoms with Gasteiger partial charge in [0.15, 0.2) is 0 Å². The van der Waals surface area contributed by atoms with E-state index in [-0.39, 0.29) is 17.3 Å². The maximum atomic E-state index is 13.6. The zero-order valence-corrected chi connectivity index (χ0v) is 22.8. The summed E-state index contributed by atoms with van der Waals surface area (Å²) in [4.78, 5) is 13.0. The topological polar surface area (TPSA) is 75.7 Å². The molecule has 1 amide bonds. The van der Waals surface area contributed by atoms with Crippen molar-refractivity contribution < 1.29 is 17.9 Å². The predicted molar refractivity (Wildman–Crippen MR) is 154 cm³/mol. The molecule has 6 nitrogen and oxygen atoms in total. The van der Waals surface area contributed by atoms with Crippen LogP contribution >= 0.6 is 11.8 Å². The number of anilines is 1. The van der Waals surface area contributed by atoms with Gasteiger partial charge in [0.1, 0.15) is 18.0 Å². The van der Waals surface area contributed by atoms with Gasteiger partial charge in [0.05, 0.1) is 10.6 Å². The minimum atomic E-state index is -3.98. The lowest BCUT2D eigenvalue weighted by Gasteiger charge is -2.24. The third-order valence-corrected chi connectivity index (χ3v) is 8.50. The van der Waals surface area contributed by atoms with E-state index in [0.29, 0.717) is 23.7 Å². The van der Waals surface area contributed by atoms with E-state index in [0.717, 1.165) is 21.4 Å². The molecule has 0 aliphatic heterocycles. The van der Waals surface area contributed by atoms with Crippen LogP contribution in [0.15, 0.2) is 114 Å². The molecule has 0 radical (unpaired) electrons. The van der Waals surface area contributed by atoms with E-state index in [1.54, 1.807) is 60.3 Å². The van der Waals surface area contributed by atoms with E-state index in [1.165, 1.54) is 5.56 Å². The van der Waals surface area contributed by atoms with Crippen molar-refractivity contribution in [2.45, 2.75) is 17.6 Å². The van der Waals surface area contributed by atoms with Crippen molar-refractivity contribution in [2.24, 2.45) is 0 Å². The lowest BCUT2D eigenvalue weighted by atomic mass is 10.2. The minimum absolute atomic E-state index is 0.124. The summed E-state index contributed by atoms with van der Waals surface area (Å²) in [6, 6.07) is 32.7. The van der Waals surface area contributed by atoms with Gasteiger partial charge in [0, 0.05) is 18.1 Å². The maximum Gasteiger partial charge on any atom is 0.264 e. The number of benzene rings is 4. The maximum absolute atomic E-state index is 13.6. The second-order valence-corrected chi connectivity index (χ2v) is 11.6. The molecule has 0 fully saturated rings. The fraction of sp³-hybridized carbons (Fsp3) is 0.167. The van der Waals surface area contributed by atoms with E-state index in [2.05, 4.69) is 17.4 Å². The molecule has 0 spiro atoms. The van der Waals surface area contributed by atoms with Crippen LogP contribution in [-0.4, -0.2) is 33.2 Å². The number of thioether (sulfide) groups is 1. The average molecular weight is 547 g/mol. The molecule has 196 valence electrons. The first-order valence-corrected chi connectivity index (χ1v) is 14.8.